The highest BCUT2D eigenvalue weighted by Crippen LogP contribution is 2.50. The fraction of sp³-hybridized carbons (Fsp3) is 0.296. The monoisotopic (exact) mass is 1810 g/mol. The number of carbonyl (C=O) groups is 9. The Kier molecular flexibility index (Phi) is 32.9. The Morgan fingerprint density at radius 2 is 0.787 bits per heavy atom. The summed E-state index contributed by atoms with van der Waals surface area (Å²) < 4.78 is 67.0. The molecule has 0 saturated heterocycles. The number of hydrogen-bond donors (Lipinski definition) is 6. The number of fused-ring (bicyclic) bond motifs is 3. The Morgan fingerprint density at radius 3 is 1.16 bits per heavy atom. The number of carboxylic acid groups (broad SMARTS) is 1. The molecule has 0 bridgehead atoms. The van der Waals surface area contributed by atoms with Crippen molar-refractivity contribution in [1.29, 1.82) is 0 Å². The SMILES string of the molecule is CCNCC.CCOC(=O)C1=C[C@@]2(CC1)CCN(C(=O)c1ccc(NC(=O)c3cc(F)ccc3Cl)c(OC)c1)c1ccccc1C2.CCOC(=O)C1=C[C@]2(CCNc3ccccc3C2)CC1.COc1cc(C(=O)Cl)ccc1NC(=O)c1cc(F)ccc1Cl.COc1cc(C(=O)N2CC[C@]3(C=C(C(=O)O)CC3)Cc3ccccc32)ccc1NC(=O)c1cc(F)ccc1Cl. The van der Waals surface area contributed by atoms with E-state index >= 15 is 0 Å². The molecule has 29 heteroatoms. The van der Waals surface area contributed by atoms with Crippen LogP contribution in [0.5, 0.6) is 17.2 Å². The molecular weight excluding hydrogens is 1710 g/mol. The molecule has 3 spiro atoms. The van der Waals surface area contributed by atoms with E-state index in [9.17, 15) is 61.4 Å². The van der Waals surface area contributed by atoms with Crippen molar-refractivity contribution >= 4 is 133 Å². The highest BCUT2D eigenvalue weighted by molar-refractivity contribution is 6.67. The molecule has 6 N–H and O–H groups in total. The first-order chi connectivity index (χ1) is 61.0. The molecule has 0 fully saturated rings. The van der Waals surface area contributed by atoms with E-state index in [1.165, 1.54) is 75.0 Å². The van der Waals surface area contributed by atoms with Gasteiger partial charge in [0.15, 0.2) is 0 Å². The molecule has 5 amide bonds. The number of carboxylic acids is 1. The van der Waals surface area contributed by atoms with Crippen LogP contribution in [0.25, 0.3) is 0 Å². The fourth-order valence-corrected chi connectivity index (χ4v) is 17.2. The first-order valence-electron chi connectivity index (χ1n) is 41.6. The van der Waals surface area contributed by atoms with E-state index in [2.05, 4.69) is 76.8 Å². The Balaban J connectivity index is 0.000000168. The van der Waals surface area contributed by atoms with Crippen LogP contribution < -0.4 is 50.6 Å². The topological polar surface area (TPSA) is 287 Å². The number of ether oxygens (including phenoxy) is 5. The van der Waals surface area contributed by atoms with Crippen LogP contribution in [-0.4, -0.2) is 125 Å². The number of aliphatic carboxylic acids is 1. The second-order valence-corrected chi connectivity index (χ2v) is 32.7. The van der Waals surface area contributed by atoms with Crippen LogP contribution in [0.3, 0.4) is 0 Å². The Morgan fingerprint density at radius 1 is 0.433 bits per heavy atom. The van der Waals surface area contributed by atoms with E-state index in [1.54, 1.807) is 53.1 Å². The number of rotatable bonds is 19. The van der Waals surface area contributed by atoms with Gasteiger partial charge in [0.2, 0.25) is 0 Å². The number of carbonyl (C=O) groups excluding carboxylic acids is 8. The highest BCUT2D eigenvalue weighted by atomic mass is 35.5. The van der Waals surface area contributed by atoms with E-state index in [0.717, 1.165) is 117 Å². The summed E-state index contributed by atoms with van der Waals surface area (Å²) in [5.41, 5.74) is 9.58. The summed E-state index contributed by atoms with van der Waals surface area (Å²) in [5, 5.41) is 23.7. The average molecular weight is 1810 g/mol. The lowest BCUT2D eigenvalue weighted by Crippen LogP contribution is -2.33. The fourth-order valence-electron chi connectivity index (χ4n) is 16.4. The molecule has 664 valence electrons. The van der Waals surface area contributed by atoms with E-state index in [0.29, 0.717) is 104 Å². The number of esters is 2. The molecule has 3 aliphatic heterocycles. The molecule has 6 aliphatic rings. The van der Waals surface area contributed by atoms with Crippen molar-refractivity contribution < 1.29 is 85.1 Å². The van der Waals surface area contributed by atoms with Gasteiger partial charge in [-0.2, -0.15) is 0 Å². The molecule has 9 aromatic rings. The minimum atomic E-state index is -0.892. The third-order valence-corrected chi connectivity index (χ3v) is 24.1. The van der Waals surface area contributed by atoms with Gasteiger partial charge in [-0.3, -0.25) is 28.8 Å². The number of benzene rings is 9. The highest BCUT2D eigenvalue weighted by Gasteiger charge is 2.43. The zero-order valence-electron chi connectivity index (χ0n) is 71.2. The average Bonchev–Trinajstić information content (AvgIpc) is 1.64. The quantitative estimate of drug-likeness (QED) is 0.0324. The van der Waals surface area contributed by atoms with E-state index in [4.69, 9.17) is 70.1 Å². The van der Waals surface area contributed by atoms with Crippen LogP contribution in [0, 0.1) is 33.7 Å². The molecule has 127 heavy (non-hydrogen) atoms. The summed E-state index contributed by atoms with van der Waals surface area (Å²) >= 11 is 23.4. The number of para-hydroxylation sites is 3. The van der Waals surface area contributed by atoms with E-state index in [1.807, 2.05) is 61.5 Å². The van der Waals surface area contributed by atoms with Crippen molar-refractivity contribution in [2.45, 2.75) is 105 Å². The lowest BCUT2D eigenvalue weighted by Gasteiger charge is -2.26. The molecule has 15 rings (SSSR count). The zero-order chi connectivity index (χ0) is 91.3. The summed E-state index contributed by atoms with van der Waals surface area (Å²) in [7, 11) is 4.24. The third kappa shape index (κ3) is 23.9. The number of hydrogen-bond acceptors (Lipinski definition) is 16. The van der Waals surface area contributed by atoms with Crippen molar-refractivity contribution in [2.24, 2.45) is 16.2 Å². The first-order valence-corrected chi connectivity index (χ1v) is 43.1. The van der Waals surface area contributed by atoms with Crippen molar-refractivity contribution in [3.8, 4) is 17.2 Å². The van der Waals surface area contributed by atoms with Crippen LogP contribution in [0.15, 0.2) is 217 Å². The number of amides is 5. The summed E-state index contributed by atoms with van der Waals surface area (Å²) in [6.45, 7) is 12.7. The summed E-state index contributed by atoms with van der Waals surface area (Å²) in [6.07, 6.45) is 15.5. The van der Waals surface area contributed by atoms with Gasteiger partial charge < -0.3 is 65.2 Å². The van der Waals surface area contributed by atoms with Gasteiger partial charge in [0.05, 0.1) is 83.4 Å². The van der Waals surface area contributed by atoms with Crippen LogP contribution >= 0.6 is 46.4 Å². The lowest BCUT2D eigenvalue weighted by molar-refractivity contribution is -0.139. The van der Waals surface area contributed by atoms with Crippen LogP contribution in [-0.2, 0) is 43.1 Å². The van der Waals surface area contributed by atoms with Crippen molar-refractivity contribution in [2.75, 3.05) is 98.3 Å². The van der Waals surface area contributed by atoms with Crippen LogP contribution in [0.2, 0.25) is 15.1 Å². The maximum absolute atomic E-state index is 13.9. The van der Waals surface area contributed by atoms with E-state index < -0.39 is 46.4 Å². The lowest BCUT2D eigenvalue weighted by atomic mass is 9.79. The number of nitrogens with zero attached hydrogens (tertiary/aromatic N) is 2. The Labute approximate surface area is 755 Å². The van der Waals surface area contributed by atoms with Crippen LogP contribution in [0.4, 0.5) is 47.3 Å². The van der Waals surface area contributed by atoms with Crippen molar-refractivity contribution in [3.05, 3.63) is 300 Å². The van der Waals surface area contributed by atoms with Gasteiger partial charge in [-0.15, -0.1) is 0 Å². The smallest absolute Gasteiger partial charge is 0.333 e. The molecule has 3 heterocycles. The predicted octanol–water partition coefficient (Wildman–Crippen LogP) is 20.8. The number of allylic oxidation sites excluding steroid dienone is 3. The third-order valence-electron chi connectivity index (χ3n) is 22.9. The van der Waals surface area contributed by atoms with Crippen molar-refractivity contribution in [1.82, 2.24) is 5.32 Å². The zero-order valence-corrected chi connectivity index (χ0v) is 74.2. The first kappa shape index (κ1) is 95.4. The second-order valence-electron chi connectivity index (χ2n) is 31.1. The maximum Gasteiger partial charge on any atom is 0.333 e. The van der Waals surface area contributed by atoms with Gasteiger partial charge >= 0.3 is 17.9 Å². The molecule has 0 radical (unpaired) electrons. The second kappa shape index (κ2) is 43.8. The number of nitrogens with one attached hydrogen (secondary N) is 5. The molecule has 0 unspecified atom stereocenters. The molecular formula is C98H98Cl4F3N7O15. The van der Waals surface area contributed by atoms with Crippen LogP contribution in [0.1, 0.15) is 164 Å². The molecule has 0 saturated carbocycles. The van der Waals surface area contributed by atoms with Gasteiger partial charge in [0, 0.05) is 70.1 Å². The standard InChI is InChI=1S/C32H30ClFN2O5.C30H26ClFN2O5.C17H21NO2.C15H10Cl2FNO3.C4H11N/c1-3-41-31(39)22-12-13-32(19-22)14-15-36(27-7-5-4-6-21(27)18-32)30(38)20-8-11-26(28(16-20)40-2)35-29(37)24-17-23(34)9-10-25(24)33;1-39-26-14-18(6-9-24(26)33-27(35)22-15-21(32)7-8-23(22)31)28(36)34-13-12-30(11-10-20(17-30)29(37)38)16-19-4-2-3-5-25(19)34;1-2-20-16(19)14-7-8-17(12-14)9-10-18-15-6-4-3-5-13(15)11-17;1-22-13-6-8(14(17)20)2-5-12(13)19-15(21)10-7-9(18)3-4-11(10)16;1-3-5-4-2/h4-11,16-17,19H,3,12-15,18H2,1-2H3,(H,35,37);2-9,14-15,17H,10-13,16H2,1H3,(H,33,35)(H,37,38);3-6,12,18H,2,7-11H2,1H3;2-7H,1H3,(H,19,21);5H,3-4H2,1-2H3/t32-;30-;17-;;/m000../s1. The molecule has 3 aliphatic carbocycles. The van der Waals surface area contributed by atoms with Gasteiger partial charge in [-0.25, -0.2) is 27.6 Å². The van der Waals surface area contributed by atoms with Gasteiger partial charge in [0.25, 0.3) is 34.8 Å². The largest absolute Gasteiger partial charge is 0.495 e. The molecule has 22 nitrogen and oxygen atoms in total. The van der Waals surface area contributed by atoms with Gasteiger partial charge in [-0.1, -0.05) is 121 Å². The minimum Gasteiger partial charge on any atom is -0.495 e. The predicted molar refractivity (Wildman–Crippen MR) is 488 cm³/mol. The minimum absolute atomic E-state index is 0.0128. The molecule has 3 atom stereocenters. The summed E-state index contributed by atoms with van der Waals surface area (Å²) in [6, 6.07) is 48.2. The van der Waals surface area contributed by atoms with Gasteiger partial charge in [0.1, 0.15) is 34.7 Å². The Bertz CT molecular complexity index is 5750. The van der Waals surface area contributed by atoms with E-state index in [-0.39, 0.29) is 94.6 Å². The number of anilines is 6. The summed E-state index contributed by atoms with van der Waals surface area (Å²) in [5.74, 6) is -4.57. The molecule has 0 aromatic heterocycles. The maximum atomic E-state index is 13.9. The Hall–Kier alpha value is -12.3. The number of methoxy groups -OCH3 is 3. The number of halogens is 7. The van der Waals surface area contributed by atoms with Crippen molar-refractivity contribution in [3.63, 3.8) is 0 Å². The summed E-state index contributed by atoms with van der Waals surface area (Å²) in [4.78, 5) is 116. The normalized spacial score (nSPS) is 17.3. The molecule has 9 aromatic carbocycles. The van der Waals surface area contributed by atoms with Gasteiger partial charge in [-0.05, 0) is 276 Å².